The van der Waals surface area contributed by atoms with Crippen molar-refractivity contribution in [2.24, 2.45) is 5.41 Å². The van der Waals surface area contributed by atoms with E-state index in [4.69, 9.17) is 11.6 Å². The molecule has 2 rings (SSSR count). The molecule has 0 N–H and O–H groups in total. The van der Waals surface area contributed by atoms with E-state index in [0.717, 1.165) is 0 Å². The van der Waals surface area contributed by atoms with Crippen LogP contribution in [0, 0.1) is 5.41 Å². The van der Waals surface area contributed by atoms with Gasteiger partial charge in [0.25, 0.3) is 0 Å². The van der Waals surface area contributed by atoms with E-state index in [1.165, 1.54) is 37.0 Å². The summed E-state index contributed by atoms with van der Waals surface area (Å²) in [7, 11) is 0. The zero-order chi connectivity index (χ0) is 10.9. The van der Waals surface area contributed by atoms with E-state index in [2.05, 4.69) is 26.0 Å². The highest BCUT2D eigenvalue weighted by atomic mass is 35.5. The molecule has 0 amide bonds. The van der Waals surface area contributed by atoms with E-state index in [0.29, 0.717) is 10.8 Å². The van der Waals surface area contributed by atoms with Crippen LogP contribution in [0.3, 0.4) is 0 Å². The molecular formula is C13H19ClS. The van der Waals surface area contributed by atoms with Crippen LogP contribution in [0.15, 0.2) is 12.1 Å². The summed E-state index contributed by atoms with van der Waals surface area (Å²) in [6, 6.07) is 4.58. The van der Waals surface area contributed by atoms with Crippen molar-refractivity contribution in [2.45, 2.75) is 51.3 Å². The van der Waals surface area contributed by atoms with Crippen LogP contribution in [0.2, 0.25) is 0 Å². The number of aryl methyl sites for hydroxylation is 1. The summed E-state index contributed by atoms with van der Waals surface area (Å²) in [5.74, 6) is 0. The molecule has 1 heterocycles. The number of rotatable bonds is 3. The number of hydrogen-bond acceptors (Lipinski definition) is 1. The minimum atomic E-state index is 0.417. The number of alkyl halides is 1. The zero-order valence-electron chi connectivity index (χ0n) is 9.55. The third-order valence-corrected chi connectivity index (χ3v) is 5.04. The minimum Gasteiger partial charge on any atom is -0.145 e. The van der Waals surface area contributed by atoms with Gasteiger partial charge in [0.2, 0.25) is 0 Å². The highest BCUT2D eigenvalue weighted by molar-refractivity contribution is 7.11. The Labute approximate surface area is 102 Å². The molecule has 1 aliphatic rings. The molecule has 0 aliphatic heterocycles. The van der Waals surface area contributed by atoms with Crippen LogP contribution in [0.1, 0.15) is 42.9 Å². The van der Waals surface area contributed by atoms with Gasteiger partial charge in [-0.25, -0.2) is 0 Å². The summed E-state index contributed by atoms with van der Waals surface area (Å²) in [6.07, 6.45) is 6.07. The average Bonchev–Trinajstić information content (AvgIpc) is 2.74. The van der Waals surface area contributed by atoms with Crippen LogP contribution in [-0.4, -0.2) is 5.38 Å². The molecule has 2 atom stereocenters. The molecule has 15 heavy (non-hydrogen) atoms. The molecular weight excluding hydrogens is 224 g/mol. The van der Waals surface area contributed by atoms with Crippen LogP contribution >= 0.6 is 22.9 Å². The smallest absolute Gasteiger partial charge is 0.0341 e. The van der Waals surface area contributed by atoms with Gasteiger partial charge in [0, 0.05) is 15.1 Å². The Bertz CT molecular complexity index is 331. The maximum atomic E-state index is 6.20. The second kappa shape index (κ2) is 4.47. The summed E-state index contributed by atoms with van der Waals surface area (Å²) in [4.78, 5) is 3.05. The van der Waals surface area contributed by atoms with Crippen LogP contribution in [0.4, 0.5) is 0 Å². The summed E-state index contributed by atoms with van der Waals surface area (Å²) < 4.78 is 0. The van der Waals surface area contributed by atoms with E-state index >= 15 is 0 Å². The Hall–Kier alpha value is -0.0100. The maximum absolute atomic E-state index is 6.20. The van der Waals surface area contributed by atoms with Crippen molar-refractivity contribution in [1.82, 2.24) is 0 Å². The lowest BCUT2D eigenvalue weighted by atomic mass is 9.85. The first-order valence-corrected chi connectivity index (χ1v) is 7.08. The lowest BCUT2D eigenvalue weighted by molar-refractivity contribution is 0.338. The lowest BCUT2D eigenvalue weighted by Crippen LogP contribution is -2.14. The van der Waals surface area contributed by atoms with Gasteiger partial charge in [0.1, 0.15) is 0 Å². The van der Waals surface area contributed by atoms with E-state index in [9.17, 15) is 0 Å². The molecule has 1 fully saturated rings. The number of thiophene rings is 1. The molecule has 1 aromatic heterocycles. The van der Waals surface area contributed by atoms with Gasteiger partial charge in [0.15, 0.2) is 0 Å². The Morgan fingerprint density at radius 1 is 1.47 bits per heavy atom. The van der Waals surface area contributed by atoms with Crippen molar-refractivity contribution < 1.29 is 0 Å². The van der Waals surface area contributed by atoms with Crippen molar-refractivity contribution in [1.29, 1.82) is 0 Å². The normalized spacial score (nSPS) is 31.0. The average molecular weight is 243 g/mol. The first-order chi connectivity index (χ1) is 7.11. The predicted octanol–water partition coefficient (Wildman–Crippen LogP) is 4.65. The predicted molar refractivity (Wildman–Crippen MR) is 69.0 cm³/mol. The van der Waals surface area contributed by atoms with Gasteiger partial charge in [0.05, 0.1) is 0 Å². The Morgan fingerprint density at radius 3 is 2.73 bits per heavy atom. The van der Waals surface area contributed by atoms with E-state index in [1.807, 2.05) is 11.3 Å². The monoisotopic (exact) mass is 242 g/mol. The minimum absolute atomic E-state index is 0.417. The van der Waals surface area contributed by atoms with Gasteiger partial charge >= 0.3 is 0 Å². The third kappa shape index (κ3) is 2.76. The second-order valence-corrected chi connectivity index (χ2v) is 6.92. The fourth-order valence-electron chi connectivity index (χ4n) is 2.53. The van der Waals surface area contributed by atoms with Crippen molar-refractivity contribution >= 4 is 22.9 Å². The van der Waals surface area contributed by atoms with Crippen LogP contribution in [-0.2, 0) is 12.8 Å². The Balaban J connectivity index is 2.02. The van der Waals surface area contributed by atoms with E-state index < -0.39 is 0 Å². The molecule has 1 aliphatic carbocycles. The molecule has 2 heteroatoms. The van der Waals surface area contributed by atoms with Gasteiger partial charge in [-0.05, 0) is 49.7 Å². The van der Waals surface area contributed by atoms with Crippen molar-refractivity contribution in [3.05, 3.63) is 21.9 Å². The first kappa shape index (κ1) is 11.5. The molecule has 0 aromatic carbocycles. The van der Waals surface area contributed by atoms with Crippen molar-refractivity contribution in [2.75, 3.05) is 0 Å². The van der Waals surface area contributed by atoms with Gasteiger partial charge < -0.3 is 0 Å². The van der Waals surface area contributed by atoms with Crippen LogP contribution in [0.25, 0.3) is 0 Å². The van der Waals surface area contributed by atoms with Crippen LogP contribution in [0.5, 0.6) is 0 Å². The highest BCUT2D eigenvalue weighted by Gasteiger charge is 2.34. The van der Waals surface area contributed by atoms with E-state index in [-0.39, 0.29) is 0 Å². The molecule has 0 saturated heterocycles. The van der Waals surface area contributed by atoms with Gasteiger partial charge in [-0.2, -0.15) is 0 Å². The van der Waals surface area contributed by atoms with Crippen LogP contribution < -0.4 is 0 Å². The van der Waals surface area contributed by atoms with Gasteiger partial charge in [-0.1, -0.05) is 13.8 Å². The quantitative estimate of drug-likeness (QED) is 0.677. The zero-order valence-corrected chi connectivity index (χ0v) is 11.1. The highest BCUT2D eigenvalue weighted by Crippen LogP contribution is 2.43. The second-order valence-electron chi connectivity index (χ2n) is 5.05. The van der Waals surface area contributed by atoms with E-state index in [1.54, 1.807) is 4.88 Å². The summed E-state index contributed by atoms with van der Waals surface area (Å²) in [5, 5.41) is 0.417. The number of halogens is 1. The fraction of sp³-hybridized carbons (Fsp3) is 0.692. The first-order valence-electron chi connectivity index (χ1n) is 5.83. The van der Waals surface area contributed by atoms with Gasteiger partial charge in [-0.3, -0.25) is 0 Å². The SMILES string of the molecule is CCc1ccc(CC2(C)CCC(Cl)C2)s1. The number of hydrogen-bond donors (Lipinski definition) is 0. The molecule has 0 bridgehead atoms. The van der Waals surface area contributed by atoms with Crippen molar-refractivity contribution in [3.8, 4) is 0 Å². The molecule has 84 valence electrons. The van der Waals surface area contributed by atoms with Gasteiger partial charge in [-0.15, -0.1) is 22.9 Å². The molecule has 1 aromatic rings. The van der Waals surface area contributed by atoms with Crippen molar-refractivity contribution in [3.63, 3.8) is 0 Å². The standard InChI is InChI=1S/C13H19ClS/c1-3-11-4-5-12(15-11)9-13(2)7-6-10(14)8-13/h4-5,10H,3,6-9H2,1-2H3. The lowest BCUT2D eigenvalue weighted by Gasteiger charge is -2.22. The molecule has 0 spiro atoms. The Kier molecular flexibility index (Phi) is 3.42. The molecule has 0 radical (unpaired) electrons. The molecule has 2 unspecified atom stereocenters. The topological polar surface area (TPSA) is 0 Å². The summed E-state index contributed by atoms with van der Waals surface area (Å²) >= 11 is 8.18. The maximum Gasteiger partial charge on any atom is 0.0341 e. The molecule has 1 saturated carbocycles. The fourth-order valence-corrected chi connectivity index (χ4v) is 4.19. The molecule has 0 nitrogen and oxygen atoms in total. The largest absolute Gasteiger partial charge is 0.145 e. The Morgan fingerprint density at radius 2 is 2.20 bits per heavy atom. The summed E-state index contributed by atoms with van der Waals surface area (Å²) in [5.41, 5.74) is 0.461. The summed E-state index contributed by atoms with van der Waals surface area (Å²) in [6.45, 7) is 4.61. The third-order valence-electron chi connectivity index (χ3n) is 3.44.